The van der Waals surface area contributed by atoms with Gasteiger partial charge in [-0.2, -0.15) is 0 Å². The predicted molar refractivity (Wildman–Crippen MR) is 166 cm³/mol. The molecule has 1 N–H and O–H groups in total. The number of thiophene rings is 1. The van der Waals surface area contributed by atoms with Crippen molar-refractivity contribution in [3.05, 3.63) is 87.4 Å². The molecule has 4 aromatic rings. The molecule has 5 rings (SSSR count). The molecular formula is C33H40N4O2S. The summed E-state index contributed by atoms with van der Waals surface area (Å²) < 4.78 is 7.69. The third kappa shape index (κ3) is 5.66. The zero-order chi connectivity index (χ0) is 28.6. The van der Waals surface area contributed by atoms with Crippen molar-refractivity contribution in [1.82, 2.24) is 9.88 Å². The number of furan rings is 1. The van der Waals surface area contributed by atoms with E-state index in [0.717, 1.165) is 58.2 Å². The van der Waals surface area contributed by atoms with Crippen molar-refractivity contribution >= 4 is 34.1 Å². The molecule has 210 valence electrons. The van der Waals surface area contributed by atoms with Gasteiger partial charge in [0.25, 0.3) is 5.91 Å². The number of fused-ring (bicyclic) bond motifs is 1. The van der Waals surface area contributed by atoms with Crippen molar-refractivity contribution in [2.24, 2.45) is 16.3 Å². The van der Waals surface area contributed by atoms with Gasteiger partial charge in [0.1, 0.15) is 10.8 Å². The summed E-state index contributed by atoms with van der Waals surface area (Å²) in [7, 11) is 4.10. The van der Waals surface area contributed by atoms with Crippen LogP contribution in [0.5, 0.6) is 0 Å². The highest BCUT2D eigenvalue weighted by atomic mass is 32.1. The van der Waals surface area contributed by atoms with Gasteiger partial charge in [0.2, 0.25) is 0 Å². The van der Waals surface area contributed by atoms with Gasteiger partial charge >= 0.3 is 0 Å². The Bertz CT molecular complexity index is 1520. The largest absolute Gasteiger partial charge is 0.467 e. The van der Waals surface area contributed by atoms with Crippen molar-refractivity contribution in [3.63, 3.8) is 0 Å². The third-order valence-corrected chi connectivity index (χ3v) is 9.28. The molecule has 40 heavy (non-hydrogen) atoms. The molecule has 0 radical (unpaired) electrons. The number of aromatic nitrogens is 1. The Morgan fingerprint density at radius 1 is 1.20 bits per heavy atom. The molecule has 1 aromatic carbocycles. The Morgan fingerprint density at radius 2 is 1.95 bits per heavy atom. The Kier molecular flexibility index (Phi) is 7.78. The molecule has 6 nitrogen and oxygen atoms in total. The number of amides is 1. The van der Waals surface area contributed by atoms with Crippen LogP contribution in [-0.4, -0.2) is 30.8 Å². The Hall–Kier alpha value is -3.58. The number of carbonyl (C=O) groups is 1. The summed E-state index contributed by atoms with van der Waals surface area (Å²) in [6, 6.07) is 14.4. The van der Waals surface area contributed by atoms with E-state index in [1.807, 2.05) is 32.4 Å². The molecule has 0 fully saturated rings. The van der Waals surface area contributed by atoms with E-state index in [1.54, 1.807) is 17.6 Å². The molecular weight excluding hydrogens is 516 g/mol. The van der Waals surface area contributed by atoms with Gasteiger partial charge < -0.3 is 19.2 Å². The zero-order valence-corrected chi connectivity index (χ0v) is 25.5. The molecule has 0 saturated heterocycles. The molecule has 0 spiro atoms. The quantitative estimate of drug-likeness (QED) is 0.238. The van der Waals surface area contributed by atoms with Gasteiger partial charge in [-0.3, -0.25) is 4.79 Å². The van der Waals surface area contributed by atoms with Crippen LogP contribution >= 0.6 is 11.3 Å². The number of nitrogens with zero attached hydrogens (tertiary/aromatic N) is 3. The van der Waals surface area contributed by atoms with Crippen LogP contribution in [0.4, 0.5) is 10.7 Å². The van der Waals surface area contributed by atoms with Crippen molar-refractivity contribution < 1.29 is 9.21 Å². The first kappa shape index (κ1) is 28.0. The Labute approximate surface area is 241 Å². The number of anilines is 1. The van der Waals surface area contributed by atoms with E-state index in [2.05, 4.69) is 79.7 Å². The minimum absolute atomic E-state index is 0.0817. The van der Waals surface area contributed by atoms with Crippen molar-refractivity contribution in [2.75, 3.05) is 19.0 Å². The maximum atomic E-state index is 13.5. The highest BCUT2D eigenvalue weighted by Gasteiger charge is 2.33. The molecule has 3 aromatic heterocycles. The van der Waals surface area contributed by atoms with Crippen molar-refractivity contribution in [3.8, 4) is 5.69 Å². The van der Waals surface area contributed by atoms with Crippen LogP contribution < -0.4 is 10.2 Å². The van der Waals surface area contributed by atoms with Gasteiger partial charge in [-0.05, 0) is 92.5 Å². The topological polar surface area (TPSA) is 62.8 Å². The van der Waals surface area contributed by atoms with Crippen LogP contribution in [0.3, 0.4) is 0 Å². The second-order valence-electron chi connectivity index (χ2n) is 12.1. The summed E-state index contributed by atoms with van der Waals surface area (Å²) in [6.45, 7) is 11.5. The van der Waals surface area contributed by atoms with E-state index < -0.39 is 0 Å². The molecule has 1 amide bonds. The van der Waals surface area contributed by atoms with E-state index in [0.29, 0.717) is 12.5 Å². The lowest BCUT2D eigenvalue weighted by Gasteiger charge is -2.33. The average Bonchev–Trinajstić information content (AvgIpc) is 3.62. The molecule has 1 atom stereocenters. The number of nitrogens with one attached hydrogen (secondary N) is 1. The number of benzene rings is 1. The minimum atomic E-state index is -0.0817. The van der Waals surface area contributed by atoms with Crippen LogP contribution in [0.15, 0.2) is 58.1 Å². The number of hydrogen-bond acceptors (Lipinski definition) is 5. The fraction of sp³-hybridized carbons (Fsp3) is 0.394. The lowest BCUT2D eigenvalue weighted by Crippen LogP contribution is -2.28. The number of rotatable bonds is 7. The highest BCUT2D eigenvalue weighted by molar-refractivity contribution is 7.16. The van der Waals surface area contributed by atoms with Crippen LogP contribution in [-0.2, 0) is 19.4 Å². The first-order chi connectivity index (χ1) is 19.0. The zero-order valence-electron chi connectivity index (χ0n) is 24.7. The summed E-state index contributed by atoms with van der Waals surface area (Å²) in [6.07, 6.45) is 6.54. The molecule has 3 heterocycles. The number of carbonyl (C=O) groups excluding carboxylic acids is 1. The van der Waals surface area contributed by atoms with Crippen molar-refractivity contribution in [2.45, 2.75) is 60.4 Å². The predicted octanol–water partition coefficient (Wildman–Crippen LogP) is 7.65. The van der Waals surface area contributed by atoms with E-state index in [1.165, 1.54) is 16.1 Å². The van der Waals surface area contributed by atoms with E-state index in [4.69, 9.17) is 9.41 Å². The van der Waals surface area contributed by atoms with E-state index >= 15 is 0 Å². The van der Waals surface area contributed by atoms with Crippen LogP contribution in [0.1, 0.15) is 70.7 Å². The molecule has 0 bridgehead atoms. The van der Waals surface area contributed by atoms with E-state index in [9.17, 15) is 4.79 Å². The van der Waals surface area contributed by atoms with Crippen LogP contribution in [0, 0.1) is 25.2 Å². The van der Waals surface area contributed by atoms with Gasteiger partial charge in [0.05, 0.1) is 18.4 Å². The number of hydrogen-bond donors (Lipinski definition) is 1. The SMILES string of the molecule is Cc1cc(C=Nc2sc3c(c2C(=O)NCc2ccco2)CC[C@H](C(C)(C)C)C3)c(C)n1-c1ccc(N(C)C)cc1. The smallest absolute Gasteiger partial charge is 0.255 e. The molecule has 7 heteroatoms. The summed E-state index contributed by atoms with van der Waals surface area (Å²) >= 11 is 1.68. The lowest BCUT2D eigenvalue weighted by atomic mass is 9.72. The first-order valence-electron chi connectivity index (χ1n) is 14.0. The number of aliphatic imine (C=N–C) groups is 1. The fourth-order valence-corrected chi connectivity index (χ4v) is 6.92. The van der Waals surface area contributed by atoms with Crippen LogP contribution in [0.25, 0.3) is 5.69 Å². The maximum Gasteiger partial charge on any atom is 0.255 e. The van der Waals surface area contributed by atoms with Gasteiger partial charge in [-0.1, -0.05) is 20.8 Å². The summed E-state index contributed by atoms with van der Waals surface area (Å²) in [5.74, 6) is 1.25. The average molecular weight is 557 g/mol. The fourth-order valence-electron chi connectivity index (χ4n) is 5.65. The second kappa shape index (κ2) is 11.1. The second-order valence-corrected chi connectivity index (χ2v) is 13.2. The summed E-state index contributed by atoms with van der Waals surface area (Å²) in [4.78, 5) is 21.9. The van der Waals surface area contributed by atoms with Gasteiger partial charge in [-0.25, -0.2) is 4.99 Å². The Balaban J connectivity index is 1.47. The number of aryl methyl sites for hydroxylation is 1. The summed E-state index contributed by atoms with van der Waals surface area (Å²) in [5, 5.41) is 3.86. The Morgan fingerprint density at radius 3 is 2.60 bits per heavy atom. The molecule has 1 aliphatic carbocycles. The minimum Gasteiger partial charge on any atom is -0.467 e. The van der Waals surface area contributed by atoms with Crippen molar-refractivity contribution in [1.29, 1.82) is 0 Å². The van der Waals surface area contributed by atoms with Crippen LogP contribution in [0.2, 0.25) is 0 Å². The normalized spacial score (nSPS) is 15.4. The summed E-state index contributed by atoms with van der Waals surface area (Å²) in [5.41, 5.74) is 7.73. The monoisotopic (exact) mass is 556 g/mol. The van der Waals surface area contributed by atoms with Gasteiger partial charge in [0, 0.05) is 53.5 Å². The lowest BCUT2D eigenvalue weighted by molar-refractivity contribution is 0.0947. The molecule has 0 unspecified atom stereocenters. The van der Waals surface area contributed by atoms with Gasteiger partial charge in [0.15, 0.2) is 0 Å². The molecule has 0 aliphatic heterocycles. The van der Waals surface area contributed by atoms with E-state index in [-0.39, 0.29) is 11.3 Å². The van der Waals surface area contributed by atoms with Gasteiger partial charge in [-0.15, -0.1) is 11.3 Å². The standard InChI is InChI=1S/C33H40N4O2S/c1-21-17-23(22(2)37(21)26-13-11-25(12-14-26)36(6)7)19-35-32-30(31(38)34-20-27-9-8-16-39-27)28-15-10-24(33(3,4)5)18-29(28)40-32/h8-9,11-14,16-17,19,24H,10,15,18,20H2,1-7H3,(H,34,38)/t24-/m0/s1. The maximum absolute atomic E-state index is 13.5. The third-order valence-electron chi connectivity index (χ3n) is 8.12. The molecule has 1 aliphatic rings. The first-order valence-corrected chi connectivity index (χ1v) is 14.8. The highest BCUT2D eigenvalue weighted by Crippen LogP contribution is 2.45. The molecule has 0 saturated carbocycles.